The molecule has 0 spiro atoms. The molecule has 6 nitrogen and oxygen atoms in total. The lowest BCUT2D eigenvalue weighted by molar-refractivity contribution is -0.175. The highest BCUT2D eigenvalue weighted by atomic mass is 16.6. The Labute approximate surface area is 128 Å². The number of aliphatic carboxylic acids is 1. The highest BCUT2D eigenvalue weighted by molar-refractivity contribution is 5.81. The van der Waals surface area contributed by atoms with E-state index in [0.717, 1.165) is 18.4 Å². The number of carbonyl (C=O) groups excluding carboxylic acids is 1. The van der Waals surface area contributed by atoms with Crippen LogP contribution in [0.3, 0.4) is 0 Å². The molecule has 2 fully saturated rings. The van der Waals surface area contributed by atoms with Gasteiger partial charge in [0, 0.05) is 19.1 Å². The molecule has 1 amide bonds. The van der Waals surface area contributed by atoms with E-state index in [9.17, 15) is 14.7 Å². The van der Waals surface area contributed by atoms with E-state index in [-0.39, 0.29) is 19.1 Å². The van der Waals surface area contributed by atoms with E-state index in [4.69, 9.17) is 9.47 Å². The van der Waals surface area contributed by atoms with Gasteiger partial charge in [0.15, 0.2) is 5.60 Å². The van der Waals surface area contributed by atoms with Crippen LogP contribution in [-0.2, 0) is 20.9 Å². The number of nitrogens with zero attached hydrogens (tertiary/aromatic N) is 1. The van der Waals surface area contributed by atoms with E-state index < -0.39 is 17.7 Å². The second kappa shape index (κ2) is 5.96. The van der Waals surface area contributed by atoms with Crippen molar-refractivity contribution in [3.8, 4) is 0 Å². The van der Waals surface area contributed by atoms with Gasteiger partial charge in [-0.1, -0.05) is 30.3 Å². The highest BCUT2D eigenvalue weighted by Crippen LogP contribution is 2.38. The second-order valence-electron chi connectivity index (χ2n) is 5.80. The first kappa shape index (κ1) is 14.8. The van der Waals surface area contributed by atoms with Gasteiger partial charge in [-0.3, -0.25) is 0 Å². The fraction of sp³-hybridized carbons (Fsp3) is 0.500. The molecule has 2 unspecified atom stereocenters. The summed E-state index contributed by atoms with van der Waals surface area (Å²) in [6.45, 7) is 1.04. The van der Waals surface area contributed by atoms with Gasteiger partial charge in [0.25, 0.3) is 0 Å². The Morgan fingerprint density at radius 2 is 2.14 bits per heavy atom. The van der Waals surface area contributed by atoms with E-state index in [1.807, 2.05) is 30.3 Å². The minimum absolute atomic E-state index is 0.0562. The summed E-state index contributed by atoms with van der Waals surface area (Å²) < 4.78 is 10.8. The third kappa shape index (κ3) is 2.66. The number of carboxylic acid groups (broad SMARTS) is 1. The number of carboxylic acids is 1. The molecule has 2 aliphatic rings. The molecule has 0 radical (unpaired) electrons. The van der Waals surface area contributed by atoms with Crippen LogP contribution in [0.15, 0.2) is 30.3 Å². The van der Waals surface area contributed by atoms with Crippen molar-refractivity contribution in [2.75, 3.05) is 19.7 Å². The van der Waals surface area contributed by atoms with Crippen molar-refractivity contribution < 1.29 is 24.2 Å². The summed E-state index contributed by atoms with van der Waals surface area (Å²) in [6, 6.07) is 9.39. The Bertz CT molecular complexity index is 561. The lowest BCUT2D eigenvalue weighted by Crippen LogP contribution is -2.51. The number of ether oxygens (including phenoxy) is 2. The number of rotatable bonds is 3. The van der Waals surface area contributed by atoms with Crippen molar-refractivity contribution in [3.63, 3.8) is 0 Å². The first-order valence-corrected chi connectivity index (χ1v) is 7.45. The summed E-state index contributed by atoms with van der Waals surface area (Å²) in [7, 11) is 0. The molecule has 0 aliphatic carbocycles. The molecular formula is C16H19NO5. The number of likely N-dealkylation sites (tertiary alicyclic amines) is 1. The monoisotopic (exact) mass is 305 g/mol. The van der Waals surface area contributed by atoms with E-state index in [1.54, 1.807) is 0 Å². The molecule has 1 N–H and O–H groups in total. The molecule has 118 valence electrons. The van der Waals surface area contributed by atoms with Crippen LogP contribution < -0.4 is 0 Å². The van der Waals surface area contributed by atoms with Crippen molar-refractivity contribution in [2.24, 2.45) is 5.92 Å². The Hall–Kier alpha value is -2.08. The summed E-state index contributed by atoms with van der Waals surface area (Å²) in [5.41, 5.74) is -0.360. The predicted molar refractivity (Wildman–Crippen MR) is 77.2 cm³/mol. The van der Waals surface area contributed by atoms with E-state index in [0.29, 0.717) is 13.2 Å². The van der Waals surface area contributed by atoms with Crippen molar-refractivity contribution in [3.05, 3.63) is 35.9 Å². The number of carbonyl (C=O) groups is 2. The molecule has 2 aliphatic heterocycles. The number of hydrogen-bond acceptors (Lipinski definition) is 4. The summed E-state index contributed by atoms with van der Waals surface area (Å²) in [5.74, 6) is -1.15. The zero-order chi connectivity index (χ0) is 15.6. The van der Waals surface area contributed by atoms with Gasteiger partial charge in [0.1, 0.15) is 6.61 Å². The highest BCUT2D eigenvalue weighted by Gasteiger charge is 2.56. The van der Waals surface area contributed by atoms with Gasteiger partial charge in [-0.15, -0.1) is 0 Å². The smallest absolute Gasteiger partial charge is 0.410 e. The van der Waals surface area contributed by atoms with E-state index >= 15 is 0 Å². The Kier molecular flexibility index (Phi) is 4.02. The van der Waals surface area contributed by atoms with Crippen molar-refractivity contribution >= 4 is 12.1 Å². The van der Waals surface area contributed by atoms with Crippen molar-refractivity contribution in [2.45, 2.75) is 25.0 Å². The second-order valence-corrected chi connectivity index (χ2v) is 5.80. The van der Waals surface area contributed by atoms with Gasteiger partial charge < -0.3 is 19.5 Å². The Morgan fingerprint density at radius 3 is 2.82 bits per heavy atom. The number of hydrogen-bond donors (Lipinski definition) is 1. The zero-order valence-corrected chi connectivity index (χ0v) is 12.2. The quantitative estimate of drug-likeness (QED) is 0.923. The molecule has 3 rings (SSSR count). The molecule has 6 heteroatoms. The topological polar surface area (TPSA) is 76.1 Å². The maximum Gasteiger partial charge on any atom is 0.410 e. The summed E-state index contributed by atoms with van der Waals surface area (Å²) >= 11 is 0. The van der Waals surface area contributed by atoms with Crippen molar-refractivity contribution in [1.29, 1.82) is 0 Å². The lowest BCUT2D eigenvalue weighted by Gasteiger charge is -2.34. The van der Waals surface area contributed by atoms with Crippen LogP contribution in [0.5, 0.6) is 0 Å². The van der Waals surface area contributed by atoms with Crippen LogP contribution in [-0.4, -0.2) is 47.4 Å². The van der Waals surface area contributed by atoms with E-state index in [2.05, 4.69) is 0 Å². The normalized spacial score (nSPS) is 27.3. The Morgan fingerprint density at radius 1 is 1.36 bits per heavy atom. The number of amides is 1. The lowest BCUT2D eigenvalue weighted by atomic mass is 9.85. The SMILES string of the molecule is O=C(OCc1ccccc1)N1CC2CCCOC2(C(=O)O)C1. The average Bonchev–Trinajstić information content (AvgIpc) is 2.95. The average molecular weight is 305 g/mol. The molecule has 0 bridgehead atoms. The predicted octanol–water partition coefficient (Wildman–Crippen LogP) is 1.89. The van der Waals surface area contributed by atoms with Gasteiger partial charge >= 0.3 is 12.1 Å². The van der Waals surface area contributed by atoms with E-state index in [1.165, 1.54) is 4.90 Å². The maximum atomic E-state index is 12.2. The summed E-state index contributed by atoms with van der Waals surface area (Å²) in [4.78, 5) is 25.2. The first-order valence-electron chi connectivity index (χ1n) is 7.45. The van der Waals surface area contributed by atoms with Crippen LogP contribution in [0.25, 0.3) is 0 Å². The third-order valence-electron chi connectivity index (χ3n) is 4.41. The zero-order valence-electron chi connectivity index (χ0n) is 12.2. The minimum Gasteiger partial charge on any atom is -0.479 e. The molecule has 1 aromatic carbocycles. The van der Waals surface area contributed by atoms with Crippen LogP contribution in [0, 0.1) is 5.92 Å². The van der Waals surface area contributed by atoms with Crippen LogP contribution >= 0.6 is 0 Å². The molecule has 0 saturated carbocycles. The Balaban J connectivity index is 1.63. The van der Waals surface area contributed by atoms with Gasteiger partial charge in [-0.05, 0) is 18.4 Å². The van der Waals surface area contributed by atoms with Gasteiger partial charge in [0.2, 0.25) is 0 Å². The molecule has 2 atom stereocenters. The minimum atomic E-state index is -1.26. The summed E-state index contributed by atoms with van der Waals surface area (Å²) in [5, 5.41) is 9.50. The fourth-order valence-electron chi connectivity index (χ4n) is 3.22. The molecule has 1 aromatic rings. The van der Waals surface area contributed by atoms with Gasteiger partial charge in [-0.2, -0.15) is 0 Å². The molecule has 2 saturated heterocycles. The summed E-state index contributed by atoms with van der Waals surface area (Å²) in [6.07, 6.45) is 1.10. The largest absolute Gasteiger partial charge is 0.479 e. The van der Waals surface area contributed by atoms with Crippen molar-refractivity contribution in [1.82, 2.24) is 4.90 Å². The standard InChI is InChI=1S/C16H19NO5/c18-14(19)16-11-17(9-13(16)7-4-8-22-16)15(20)21-10-12-5-2-1-3-6-12/h1-3,5-6,13H,4,7-11H2,(H,18,19). The van der Waals surface area contributed by atoms with Crippen LogP contribution in [0.1, 0.15) is 18.4 Å². The van der Waals surface area contributed by atoms with Crippen LogP contribution in [0.4, 0.5) is 4.79 Å². The molecule has 2 heterocycles. The van der Waals surface area contributed by atoms with Gasteiger partial charge in [-0.25, -0.2) is 9.59 Å². The third-order valence-corrected chi connectivity index (χ3v) is 4.41. The molecular weight excluding hydrogens is 286 g/mol. The first-order chi connectivity index (χ1) is 10.6. The molecule has 0 aromatic heterocycles. The number of fused-ring (bicyclic) bond motifs is 1. The maximum absolute atomic E-state index is 12.2. The van der Waals surface area contributed by atoms with Gasteiger partial charge in [0.05, 0.1) is 6.54 Å². The number of benzene rings is 1. The fourth-order valence-corrected chi connectivity index (χ4v) is 3.22. The van der Waals surface area contributed by atoms with Crippen LogP contribution in [0.2, 0.25) is 0 Å². The molecule has 22 heavy (non-hydrogen) atoms.